The van der Waals surface area contributed by atoms with Crippen LogP contribution < -0.4 is 11.2 Å². The molecule has 0 amide bonds. The zero-order chi connectivity index (χ0) is 27.2. The first-order chi connectivity index (χ1) is 19.1. The van der Waals surface area contributed by atoms with Crippen LogP contribution in [0.3, 0.4) is 0 Å². The Hall–Kier alpha value is -4.43. The summed E-state index contributed by atoms with van der Waals surface area (Å²) in [6.07, 6.45) is 0.892. The third kappa shape index (κ3) is 5.15. The fourth-order valence-corrected chi connectivity index (χ4v) is 5.19. The van der Waals surface area contributed by atoms with Crippen molar-refractivity contribution in [2.24, 2.45) is 5.11 Å². The highest BCUT2D eigenvalue weighted by Gasteiger charge is 2.42. The molecule has 1 N–H and O–H groups in total. The molecule has 9 heteroatoms. The van der Waals surface area contributed by atoms with Crippen LogP contribution in [-0.2, 0) is 21.5 Å². The highest BCUT2D eigenvalue weighted by molar-refractivity contribution is 5.47. The first kappa shape index (κ1) is 26.2. The fraction of sp³-hybridized carbons (Fsp3) is 0.267. The Bertz CT molecular complexity index is 1470. The maximum Gasteiger partial charge on any atom is 0.330 e. The lowest BCUT2D eigenvalue weighted by Gasteiger charge is -2.37. The fourth-order valence-electron chi connectivity index (χ4n) is 5.19. The normalized spacial score (nSPS) is 18.9. The van der Waals surface area contributed by atoms with Crippen molar-refractivity contribution in [3.05, 3.63) is 151 Å². The van der Waals surface area contributed by atoms with E-state index in [1.807, 2.05) is 97.9 Å². The summed E-state index contributed by atoms with van der Waals surface area (Å²) in [5.74, 6) is 0. The molecule has 0 aliphatic carbocycles. The Morgan fingerprint density at radius 2 is 1.51 bits per heavy atom. The molecule has 2 heterocycles. The molecule has 0 radical (unpaired) electrons. The summed E-state index contributed by atoms with van der Waals surface area (Å²) >= 11 is 0. The van der Waals surface area contributed by atoms with E-state index in [2.05, 4.69) is 15.0 Å². The minimum Gasteiger partial charge on any atom is -0.358 e. The Labute approximate surface area is 225 Å². The van der Waals surface area contributed by atoms with E-state index in [4.69, 9.17) is 9.47 Å². The van der Waals surface area contributed by atoms with Gasteiger partial charge < -0.3 is 9.47 Å². The quantitative estimate of drug-likeness (QED) is 0.142. The van der Waals surface area contributed by atoms with Gasteiger partial charge in [-0.1, -0.05) is 103 Å². The molecule has 3 atom stereocenters. The zero-order valence-electron chi connectivity index (χ0n) is 21.5. The molecule has 9 nitrogen and oxygen atoms in total. The van der Waals surface area contributed by atoms with Crippen molar-refractivity contribution in [3.8, 4) is 0 Å². The van der Waals surface area contributed by atoms with E-state index in [1.165, 1.54) is 10.8 Å². The van der Waals surface area contributed by atoms with Gasteiger partial charge in [0.1, 0.15) is 11.8 Å². The molecule has 0 spiro atoms. The highest BCUT2D eigenvalue weighted by Crippen LogP contribution is 2.41. The second-order valence-electron chi connectivity index (χ2n) is 9.40. The van der Waals surface area contributed by atoms with Crippen molar-refractivity contribution in [2.75, 3.05) is 6.61 Å². The molecule has 198 valence electrons. The predicted octanol–water partition coefficient (Wildman–Crippen LogP) is 5.07. The zero-order valence-corrected chi connectivity index (χ0v) is 21.5. The second kappa shape index (κ2) is 11.5. The smallest absolute Gasteiger partial charge is 0.330 e. The van der Waals surface area contributed by atoms with Crippen LogP contribution >= 0.6 is 0 Å². The number of azide groups is 1. The van der Waals surface area contributed by atoms with Gasteiger partial charge in [-0.3, -0.25) is 14.3 Å². The minimum absolute atomic E-state index is 0.0810. The molecule has 1 aliphatic heterocycles. The molecular formula is C30H29N5O4. The summed E-state index contributed by atoms with van der Waals surface area (Å²) in [6, 6.07) is 29.3. The van der Waals surface area contributed by atoms with E-state index in [0.29, 0.717) is 12.0 Å². The van der Waals surface area contributed by atoms with Gasteiger partial charge >= 0.3 is 5.69 Å². The standard InChI is InChI=1S/C30H29N5O4/c1-2-21-19-35(29(37)32-28(21)36)27-18-25(33-34-31)26(39-27)20-38-30(22-12-6-3-7-13-22,23-14-8-4-9-15-23)24-16-10-5-11-17-24/h3-17,19,25-27H,2,18,20H2,1H3,(H,32,36,37)/t25?,26-,27-/m0/s1. The number of ether oxygens (including phenoxy) is 2. The number of hydrogen-bond acceptors (Lipinski definition) is 5. The monoisotopic (exact) mass is 523 g/mol. The Balaban J connectivity index is 1.54. The Morgan fingerprint density at radius 3 is 2.00 bits per heavy atom. The van der Waals surface area contributed by atoms with Gasteiger partial charge in [-0.2, -0.15) is 0 Å². The largest absolute Gasteiger partial charge is 0.358 e. The van der Waals surface area contributed by atoms with E-state index in [0.717, 1.165) is 16.7 Å². The van der Waals surface area contributed by atoms with E-state index in [9.17, 15) is 15.1 Å². The van der Waals surface area contributed by atoms with Crippen molar-refractivity contribution in [1.82, 2.24) is 9.55 Å². The molecular weight excluding hydrogens is 494 g/mol. The molecule has 3 aromatic carbocycles. The topological polar surface area (TPSA) is 122 Å². The molecule has 5 rings (SSSR count). The van der Waals surface area contributed by atoms with Crippen molar-refractivity contribution in [2.45, 2.75) is 43.7 Å². The number of nitrogens with one attached hydrogen (secondary N) is 1. The van der Waals surface area contributed by atoms with Crippen LogP contribution in [0, 0.1) is 0 Å². The molecule has 39 heavy (non-hydrogen) atoms. The van der Waals surface area contributed by atoms with Gasteiger partial charge in [-0.05, 0) is 28.6 Å². The van der Waals surface area contributed by atoms with Crippen molar-refractivity contribution >= 4 is 0 Å². The van der Waals surface area contributed by atoms with E-state index >= 15 is 0 Å². The van der Waals surface area contributed by atoms with Crippen LogP contribution in [0.4, 0.5) is 0 Å². The highest BCUT2D eigenvalue weighted by atomic mass is 16.6. The number of aromatic nitrogens is 2. The number of rotatable bonds is 9. The molecule has 0 saturated carbocycles. The summed E-state index contributed by atoms with van der Waals surface area (Å²) in [6.45, 7) is 1.92. The van der Waals surface area contributed by atoms with Crippen LogP contribution in [0.1, 0.15) is 41.8 Å². The summed E-state index contributed by atoms with van der Waals surface area (Å²) in [7, 11) is 0. The van der Waals surface area contributed by atoms with Gasteiger partial charge in [0.2, 0.25) is 0 Å². The van der Waals surface area contributed by atoms with Gasteiger partial charge in [0.25, 0.3) is 5.56 Å². The minimum atomic E-state index is -0.976. The van der Waals surface area contributed by atoms with Gasteiger partial charge in [-0.25, -0.2) is 4.79 Å². The summed E-state index contributed by atoms with van der Waals surface area (Å²) < 4.78 is 14.5. The molecule has 1 aliphatic rings. The molecule has 1 aromatic heterocycles. The van der Waals surface area contributed by atoms with Crippen molar-refractivity contribution < 1.29 is 9.47 Å². The first-order valence-electron chi connectivity index (χ1n) is 12.9. The molecule has 1 fully saturated rings. The molecule has 0 bridgehead atoms. The van der Waals surface area contributed by atoms with Crippen molar-refractivity contribution in [1.29, 1.82) is 0 Å². The second-order valence-corrected chi connectivity index (χ2v) is 9.40. The number of benzene rings is 3. The molecule has 4 aromatic rings. The van der Waals surface area contributed by atoms with Crippen LogP contribution in [0.15, 0.2) is 112 Å². The summed E-state index contributed by atoms with van der Waals surface area (Å²) in [4.78, 5) is 30.1. The van der Waals surface area contributed by atoms with Gasteiger partial charge in [0.15, 0.2) is 0 Å². The third-order valence-electron chi connectivity index (χ3n) is 7.14. The Kier molecular flexibility index (Phi) is 7.74. The van der Waals surface area contributed by atoms with Crippen molar-refractivity contribution in [3.63, 3.8) is 0 Å². The van der Waals surface area contributed by atoms with E-state index in [1.54, 1.807) is 0 Å². The third-order valence-corrected chi connectivity index (χ3v) is 7.14. The maximum atomic E-state index is 12.6. The van der Waals surface area contributed by atoms with Crippen LogP contribution in [0.2, 0.25) is 0 Å². The summed E-state index contributed by atoms with van der Waals surface area (Å²) in [5.41, 5.74) is 10.6. The molecule has 1 saturated heterocycles. The van der Waals surface area contributed by atoms with Gasteiger partial charge in [0.05, 0.1) is 18.8 Å². The predicted molar refractivity (Wildman–Crippen MR) is 147 cm³/mol. The average molecular weight is 524 g/mol. The van der Waals surface area contributed by atoms with Crippen LogP contribution in [0.25, 0.3) is 10.4 Å². The lowest BCUT2D eigenvalue weighted by molar-refractivity contribution is -0.0796. The maximum absolute atomic E-state index is 12.6. The van der Waals surface area contributed by atoms with Crippen LogP contribution in [-0.4, -0.2) is 28.3 Å². The van der Waals surface area contributed by atoms with E-state index < -0.39 is 35.2 Å². The number of nitrogens with zero attached hydrogens (tertiary/aromatic N) is 4. The van der Waals surface area contributed by atoms with Crippen LogP contribution in [0.5, 0.6) is 0 Å². The molecule has 1 unspecified atom stereocenters. The Morgan fingerprint density at radius 1 is 0.974 bits per heavy atom. The number of H-pyrrole nitrogens is 1. The lowest BCUT2D eigenvalue weighted by Crippen LogP contribution is -2.38. The number of aryl methyl sites for hydroxylation is 1. The lowest BCUT2D eigenvalue weighted by atomic mass is 9.80. The van der Waals surface area contributed by atoms with E-state index in [-0.39, 0.29) is 13.0 Å². The number of hydrogen-bond donors (Lipinski definition) is 1. The van der Waals surface area contributed by atoms with Gasteiger partial charge in [-0.15, -0.1) is 0 Å². The van der Waals surface area contributed by atoms with Gasteiger partial charge in [0, 0.05) is 23.1 Å². The first-order valence-corrected chi connectivity index (χ1v) is 12.9. The SMILES string of the molecule is CCc1cn([C@@H]2CC(N=[N+]=[N-])[C@H](COC(c3ccccc3)(c3ccccc3)c3ccccc3)O2)c(=O)[nH]c1=O. The number of aromatic amines is 1. The average Bonchev–Trinajstić information content (AvgIpc) is 3.37. The summed E-state index contributed by atoms with van der Waals surface area (Å²) in [5, 5.41) is 3.98.